The molecule has 0 unspecified atom stereocenters. The Bertz CT molecular complexity index is 359. The van der Waals surface area contributed by atoms with Crippen LogP contribution in [0.2, 0.25) is 0 Å². The molecule has 0 fully saturated rings. The minimum absolute atomic E-state index is 0.456. The number of hydrogen-bond acceptors (Lipinski definition) is 2. The van der Waals surface area contributed by atoms with E-state index in [4.69, 9.17) is 17.0 Å². The van der Waals surface area contributed by atoms with Gasteiger partial charge in [0.25, 0.3) is 5.17 Å². The molecule has 0 bridgehead atoms. The van der Waals surface area contributed by atoms with Crippen LogP contribution in [0.15, 0.2) is 36.4 Å². The van der Waals surface area contributed by atoms with Crippen molar-refractivity contribution in [2.24, 2.45) is 0 Å². The zero-order valence-corrected chi connectivity index (χ0v) is 8.51. The van der Waals surface area contributed by atoms with Crippen LogP contribution in [0.5, 0.6) is 0 Å². The van der Waals surface area contributed by atoms with Gasteiger partial charge in [0.1, 0.15) is 5.76 Å². The Labute approximate surface area is 88.6 Å². The lowest BCUT2D eigenvalue weighted by molar-refractivity contribution is 0.500. The van der Waals surface area contributed by atoms with Gasteiger partial charge in [-0.25, -0.2) is 0 Å². The highest BCUT2D eigenvalue weighted by molar-refractivity contribution is 7.80. The maximum Gasteiger partial charge on any atom is 0.262 e. The molecule has 0 atom stereocenters. The van der Waals surface area contributed by atoms with Crippen LogP contribution < -0.4 is 5.32 Å². The lowest BCUT2D eigenvalue weighted by Gasteiger charge is -2.07. The summed E-state index contributed by atoms with van der Waals surface area (Å²) in [4.78, 5) is 0. The van der Waals surface area contributed by atoms with E-state index < -0.39 is 0 Å². The van der Waals surface area contributed by atoms with E-state index in [0.29, 0.717) is 5.17 Å². The SMILES string of the molecule is S=C1NCCC=C(c2ccccc2)O1. The minimum atomic E-state index is 0.456. The molecule has 0 saturated carbocycles. The van der Waals surface area contributed by atoms with Crippen molar-refractivity contribution in [1.29, 1.82) is 0 Å². The molecule has 2 rings (SSSR count). The number of thiocarbonyl (C=S) groups is 1. The van der Waals surface area contributed by atoms with Crippen molar-refractivity contribution in [2.45, 2.75) is 6.42 Å². The number of nitrogens with one attached hydrogen (secondary N) is 1. The van der Waals surface area contributed by atoms with Crippen LogP contribution in [0.1, 0.15) is 12.0 Å². The fourth-order valence-electron chi connectivity index (χ4n) is 1.33. The summed E-state index contributed by atoms with van der Waals surface area (Å²) in [6, 6.07) is 9.98. The van der Waals surface area contributed by atoms with Crippen LogP contribution in [-0.2, 0) is 4.74 Å². The van der Waals surface area contributed by atoms with Crippen molar-refractivity contribution in [3.8, 4) is 0 Å². The molecule has 0 amide bonds. The van der Waals surface area contributed by atoms with Crippen molar-refractivity contribution in [3.63, 3.8) is 0 Å². The molecular weight excluding hydrogens is 194 g/mol. The topological polar surface area (TPSA) is 21.3 Å². The third kappa shape index (κ3) is 2.12. The van der Waals surface area contributed by atoms with E-state index in [-0.39, 0.29) is 0 Å². The standard InChI is InChI=1S/C11H11NOS/c14-11-12-8-4-7-10(13-11)9-5-2-1-3-6-9/h1-3,5-7H,4,8H2,(H,12,14). The predicted molar refractivity (Wildman–Crippen MR) is 60.7 cm³/mol. The molecule has 0 spiro atoms. The van der Waals surface area contributed by atoms with Gasteiger partial charge in [-0.3, -0.25) is 0 Å². The number of ether oxygens (including phenoxy) is 1. The molecule has 14 heavy (non-hydrogen) atoms. The van der Waals surface area contributed by atoms with Gasteiger partial charge in [0.15, 0.2) is 0 Å². The lowest BCUT2D eigenvalue weighted by Crippen LogP contribution is -2.21. The molecule has 0 aromatic heterocycles. The average molecular weight is 205 g/mol. The summed E-state index contributed by atoms with van der Waals surface area (Å²) >= 11 is 5.00. The molecular formula is C11H11NOS. The highest BCUT2D eigenvalue weighted by atomic mass is 32.1. The third-order valence-corrected chi connectivity index (χ3v) is 2.23. The molecule has 0 radical (unpaired) electrons. The fourth-order valence-corrected chi connectivity index (χ4v) is 1.53. The summed E-state index contributed by atoms with van der Waals surface area (Å²) in [6.45, 7) is 0.842. The second-order valence-electron chi connectivity index (χ2n) is 3.04. The van der Waals surface area contributed by atoms with E-state index in [2.05, 4.69) is 11.4 Å². The van der Waals surface area contributed by atoms with Crippen LogP contribution >= 0.6 is 12.2 Å². The van der Waals surface area contributed by atoms with E-state index in [1.54, 1.807) is 0 Å². The molecule has 0 aliphatic carbocycles. The van der Waals surface area contributed by atoms with Gasteiger partial charge >= 0.3 is 0 Å². The highest BCUT2D eigenvalue weighted by Crippen LogP contribution is 2.17. The molecule has 1 aromatic carbocycles. The van der Waals surface area contributed by atoms with Crippen molar-refractivity contribution in [1.82, 2.24) is 5.32 Å². The Hall–Kier alpha value is -1.35. The normalized spacial score (nSPS) is 16.3. The summed E-state index contributed by atoms with van der Waals surface area (Å²) in [7, 11) is 0. The van der Waals surface area contributed by atoms with E-state index >= 15 is 0 Å². The average Bonchev–Trinajstić information content (AvgIpc) is 2.44. The summed E-state index contributed by atoms with van der Waals surface area (Å²) in [5, 5.41) is 3.46. The summed E-state index contributed by atoms with van der Waals surface area (Å²) < 4.78 is 5.48. The Morgan fingerprint density at radius 2 is 2.00 bits per heavy atom. The van der Waals surface area contributed by atoms with E-state index in [0.717, 1.165) is 24.3 Å². The first-order valence-electron chi connectivity index (χ1n) is 4.57. The summed E-state index contributed by atoms with van der Waals surface area (Å²) in [5.41, 5.74) is 1.07. The largest absolute Gasteiger partial charge is 0.432 e. The molecule has 2 nitrogen and oxygen atoms in total. The minimum Gasteiger partial charge on any atom is -0.432 e. The van der Waals surface area contributed by atoms with E-state index in [9.17, 15) is 0 Å². The Morgan fingerprint density at radius 3 is 2.79 bits per heavy atom. The van der Waals surface area contributed by atoms with Gasteiger partial charge in [0, 0.05) is 12.1 Å². The molecule has 0 saturated heterocycles. The van der Waals surface area contributed by atoms with Crippen molar-refractivity contribution in [2.75, 3.05) is 6.54 Å². The maximum atomic E-state index is 5.48. The summed E-state index contributed by atoms with van der Waals surface area (Å²) in [5.74, 6) is 0.848. The van der Waals surface area contributed by atoms with Crippen LogP contribution in [-0.4, -0.2) is 11.7 Å². The van der Waals surface area contributed by atoms with E-state index in [1.165, 1.54) is 0 Å². The van der Waals surface area contributed by atoms with Gasteiger partial charge in [-0.2, -0.15) is 0 Å². The monoisotopic (exact) mass is 205 g/mol. The van der Waals surface area contributed by atoms with Crippen molar-refractivity contribution >= 4 is 23.2 Å². The molecule has 72 valence electrons. The molecule has 1 N–H and O–H groups in total. The highest BCUT2D eigenvalue weighted by Gasteiger charge is 2.08. The number of hydrogen-bond donors (Lipinski definition) is 1. The first kappa shape index (κ1) is 9.21. The molecule has 1 aromatic rings. The van der Waals surface area contributed by atoms with Gasteiger partial charge in [0.2, 0.25) is 0 Å². The Morgan fingerprint density at radius 1 is 1.21 bits per heavy atom. The quantitative estimate of drug-likeness (QED) is 0.711. The van der Waals surface area contributed by atoms with Crippen LogP contribution in [0, 0.1) is 0 Å². The fraction of sp³-hybridized carbons (Fsp3) is 0.182. The Balaban J connectivity index is 2.25. The predicted octanol–water partition coefficient (Wildman–Crippen LogP) is 2.32. The second kappa shape index (κ2) is 4.24. The van der Waals surface area contributed by atoms with Gasteiger partial charge < -0.3 is 10.1 Å². The molecule has 1 aliphatic heterocycles. The zero-order valence-electron chi connectivity index (χ0n) is 7.69. The first-order valence-corrected chi connectivity index (χ1v) is 4.98. The van der Waals surface area contributed by atoms with Crippen molar-refractivity contribution < 1.29 is 4.74 Å². The van der Waals surface area contributed by atoms with Gasteiger partial charge in [-0.1, -0.05) is 30.3 Å². The summed E-state index contributed by atoms with van der Waals surface area (Å²) in [6.07, 6.45) is 2.99. The van der Waals surface area contributed by atoms with Crippen LogP contribution in [0.4, 0.5) is 0 Å². The lowest BCUT2D eigenvalue weighted by atomic mass is 10.1. The van der Waals surface area contributed by atoms with E-state index in [1.807, 2.05) is 30.3 Å². The van der Waals surface area contributed by atoms with Gasteiger partial charge in [-0.05, 0) is 24.7 Å². The molecule has 1 heterocycles. The first-order chi connectivity index (χ1) is 6.86. The Kier molecular flexibility index (Phi) is 2.79. The zero-order chi connectivity index (χ0) is 9.80. The molecule has 3 heteroatoms. The van der Waals surface area contributed by atoms with Crippen LogP contribution in [0.25, 0.3) is 5.76 Å². The molecule has 1 aliphatic rings. The smallest absolute Gasteiger partial charge is 0.262 e. The maximum absolute atomic E-state index is 5.48. The van der Waals surface area contributed by atoms with Crippen LogP contribution in [0.3, 0.4) is 0 Å². The second-order valence-corrected chi connectivity index (χ2v) is 3.41. The third-order valence-electron chi connectivity index (χ3n) is 2.00. The van der Waals surface area contributed by atoms with Crippen molar-refractivity contribution in [3.05, 3.63) is 42.0 Å². The van der Waals surface area contributed by atoms with Gasteiger partial charge in [-0.15, -0.1) is 0 Å². The van der Waals surface area contributed by atoms with Gasteiger partial charge in [0.05, 0.1) is 0 Å². The number of benzene rings is 1. The number of rotatable bonds is 1.